The Hall–Kier alpha value is -1.46. The highest BCUT2D eigenvalue weighted by molar-refractivity contribution is 5.85. The lowest BCUT2D eigenvalue weighted by Crippen LogP contribution is -2.31. The number of methoxy groups -OCH3 is 2. The maximum Gasteiger partial charge on any atom is 0.227 e. The number of carbonyl (C=O) groups excluding carboxylic acids is 1. The van der Waals surface area contributed by atoms with E-state index in [0.29, 0.717) is 23.8 Å². The largest absolute Gasteiger partial charge is 0.496 e. The van der Waals surface area contributed by atoms with Crippen LogP contribution in [0.25, 0.3) is 0 Å². The lowest BCUT2D eigenvalue weighted by atomic mass is 10.1. The fraction of sp³-hybridized carbons (Fsp3) is 0.562. The standard InChI is InChI=1S/C16H24N2O3.ClH/c1-17-10-12-7-8-18(11-12)16(19)9-13-14(20-2)5-4-6-15(13)21-3;/h4-6,12,17H,7-11H2,1-3H3;1H. The fourth-order valence-corrected chi connectivity index (χ4v) is 2.88. The minimum atomic E-state index is 0. The number of benzene rings is 1. The topological polar surface area (TPSA) is 50.8 Å². The van der Waals surface area contributed by atoms with Gasteiger partial charge in [0.15, 0.2) is 0 Å². The quantitative estimate of drug-likeness (QED) is 0.864. The zero-order chi connectivity index (χ0) is 15.2. The number of ether oxygens (including phenoxy) is 2. The first-order valence-corrected chi connectivity index (χ1v) is 7.31. The molecule has 1 unspecified atom stereocenters. The van der Waals surface area contributed by atoms with Crippen molar-refractivity contribution in [2.45, 2.75) is 12.8 Å². The van der Waals surface area contributed by atoms with Gasteiger partial charge in [0.2, 0.25) is 5.91 Å². The van der Waals surface area contributed by atoms with Gasteiger partial charge in [0, 0.05) is 18.7 Å². The molecule has 1 fully saturated rings. The van der Waals surface area contributed by atoms with Crippen LogP contribution in [-0.2, 0) is 11.2 Å². The number of hydrogen-bond acceptors (Lipinski definition) is 4. The molecular weight excluding hydrogens is 304 g/mol. The molecule has 1 amide bonds. The smallest absolute Gasteiger partial charge is 0.227 e. The summed E-state index contributed by atoms with van der Waals surface area (Å²) >= 11 is 0. The van der Waals surface area contributed by atoms with E-state index in [2.05, 4.69) is 5.32 Å². The van der Waals surface area contributed by atoms with Crippen LogP contribution in [0.5, 0.6) is 11.5 Å². The predicted molar refractivity (Wildman–Crippen MR) is 89.1 cm³/mol. The number of nitrogens with zero attached hydrogens (tertiary/aromatic N) is 1. The molecule has 1 N–H and O–H groups in total. The second kappa shape index (κ2) is 8.86. The van der Waals surface area contributed by atoms with Crippen LogP contribution in [0, 0.1) is 5.92 Å². The van der Waals surface area contributed by atoms with Crippen molar-refractivity contribution in [3.8, 4) is 11.5 Å². The molecule has 1 saturated heterocycles. The first-order valence-electron chi connectivity index (χ1n) is 7.31. The molecule has 1 aromatic carbocycles. The molecule has 1 atom stereocenters. The van der Waals surface area contributed by atoms with Crippen molar-refractivity contribution < 1.29 is 14.3 Å². The van der Waals surface area contributed by atoms with E-state index >= 15 is 0 Å². The van der Waals surface area contributed by atoms with Gasteiger partial charge in [-0.3, -0.25) is 4.79 Å². The van der Waals surface area contributed by atoms with Crippen LogP contribution in [0.15, 0.2) is 18.2 Å². The molecule has 22 heavy (non-hydrogen) atoms. The van der Waals surface area contributed by atoms with E-state index in [4.69, 9.17) is 9.47 Å². The molecule has 0 bridgehead atoms. The molecule has 5 nitrogen and oxygen atoms in total. The van der Waals surface area contributed by atoms with E-state index in [1.165, 1.54) is 0 Å². The van der Waals surface area contributed by atoms with Crippen LogP contribution >= 0.6 is 12.4 Å². The van der Waals surface area contributed by atoms with Crippen LogP contribution in [-0.4, -0.2) is 51.7 Å². The van der Waals surface area contributed by atoms with Crippen LogP contribution in [0.2, 0.25) is 0 Å². The van der Waals surface area contributed by atoms with Gasteiger partial charge in [-0.05, 0) is 38.1 Å². The molecule has 6 heteroatoms. The lowest BCUT2D eigenvalue weighted by Gasteiger charge is -2.19. The molecule has 1 aliphatic heterocycles. The number of rotatable bonds is 6. The van der Waals surface area contributed by atoms with Gasteiger partial charge >= 0.3 is 0 Å². The summed E-state index contributed by atoms with van der Waals surface area (Å²) < 4.78 is 10.7. The van der Waals surface area contributed by atoms with E-state index in [-0.39, 0.29) is 18.3 Å². The summed E-state index contributed by atoms with van der Waals surface area (Å²) in [5, 5.41) is 3.18. The molecule has 0 spiro atoms. The Labute approximate surface area is 138 Å². The lowest BCUT2D eigenvalue weighted by molar-refractivity contribution is -0.129. The van der Waals surface area contributed by atoms with E-state index in [1.807, 2.05) is 30.1 Å². The van der Waals surface area contributed by atoms with Gasteiger partial charge in [-0.25, -0.2) is 0 Å². The molecule has 0 aliphatic carbocycles. The predicted octanol–water partition coefficient (Wildman–Crippen LogP) is 1.74. The number of likely N-dealkylation sites (tertiary alicyclic amines) is 1. The molecule has 0 aromatic heterocycles. The van der Waals surface area contributed by atoms with Crippen molar-refractivity contribution >= 4 is 18.3 Å². The van der Waals surface area contributed by atoms with Gasteiger partial charge < -0.3 is 19.7 Å². The first-order chi connectivity index (χ1) is 10.2. The molecule has 2 rings (SSSR count). The van der Waals surface area contributed by atoms with Gasteiger partial charge in [-0.15, -0.1) is 12.4 Å². The average Bonchev–Trinajstić information content (AvgIpc) is 2.96. The third-order valence-electron chi connectivity index (χ3n) is 3.99. The minimum absolute atomic E-state index is 0. The highest BCUT2D eigenvalue weighted by Crippen LogP contribution is 2.29. The third kappa shape index (κ3) is 4.27. The van der Waals surface area contributed by atoms with Gasteiger partial charge in [-0.1, -0.05) is 6.07 Å². The van der Waals surface area contributed by atoms with Crippen LogP contribution in [0.4, 0.5) is 0 Å². The normalized spacial score (nSPS) is 17.0. The molecule has 124 valence electrons. The van der Waals surface area contributed by atoms with Gasteiger partial charge in [-0.2, -0.15) is 0 Å². The Morgan fingerprint density at radius 3 is 2.50 bits per heavy atom. The highest BCUT2D eigenvalue weighted by Gasteiger charge is 2.27. The highest BCUT2D eigenvalue weighted by atomic mass is 35.5. The number of hydrogen-bond donors (Lipinski definition) is 1. The molecular formula is C16H25ClN2O3. The van der Waals surface area contributed by atoms with E-state index in [9.17, 15) is 4.79 Å². The van der Waals surface area contributed by atoms with E-state index in [0.717, 1.165) is 31.6 Å². The summed E-state index contributed by atoms with van der Waals surface area (Å²) in [6, 6.07) is 5.59. The number of carbonyl (C=O) groups is 1. The first kappa shape index (κ1) is 18.6. The van der Waals surface area contributed by atoms with E-state index < -0.39 is 0 Å². The molecule has 1 aliphatic rings. The maximum atomic E-state index is 12.5. The maximum absolute atomic E-state index is 12.5. The van der Waals surface area contributed by atoms with E-state index in [1.54, 1.807) is 14.2 Å². The van der Waals surface area contributed by atoms with Crippen molar-refractivity contribution in [1.29, 1.82) is 0 Å². The number of amides is 1. The van der Waals surface area contributed by atoms with Gasteiger partial charge in [0.1, 0.15) is 11.5 Å². The fourth-order valence-electron chi connectivity index (χ4n) is 2.88. The van der Waals surface area contributed by atoms with Crippen LogP contribution in [0.3, 0.4) is 0 Å². The summed E-state index contributed by atoms with van der Waals surface area (Å²) in [7, 11) is 5.17. The Kier molecular flexibility index (Phi) is 7.48. The van der Waals surface area contributed by atoms with Crippen molar-refractivity contribution in [2.75, 3.05) is 40.9 Å². The summed E-state index contributed by atoms with van der Waals surface area (Å²) in [5.74, 6) is 2.09. The average molecular weight is 329 g/mol. The van der Waals surface area contributed by atoms with Gasteiger partial charge in [0.25, 0.3) is 0 Å². The Morgan fingerprint density at radius 1 is 1.32 bits per heavy atom. The Bertz CT molecular complexity index is 474. The number of nitrogens with one attached hydrogen (secondary N) is 1. The summed E-state index contributed by atoms with van der Waals surface area (Å²) in [6.07, 6.45) is 1.38. The monoisotopic (exact) mass is 328 g/mol. The van der Waals surface area contributed by atoms with Crippen molar-refractivity contribution in [3.63, 3.8) is 0 Å². The Morgan fingerprint density at radius 2 is 1.95 bits per heavy atom. The summed E-state index contributed by atoms with van der Waals surface area (Å²) in [4.78, 5) is 14.4. The minimum Gasteiger partial charge on any atom is -0.496 e. The summed E-state index contributed by atoms with van der Waals surface area (Å²) in [6.45, 7) is 2.63. The van der Waals surface area contributed by atoms with Crippen molar-refractivity contribution in [1.82, 2.24) is 10.2 Å². The molecule has 1 aromatic rings. The third-order valence-corrected chi connectivity index (χ3v) is 3.99. The second-order valence-electron chi connectivity index (χ2n) is 5.37. The van der Waals surface area contributed by atoms with Crippen LogP contribution in [0.1, 0.15) is 12.0 Å². The van der Waals surface area contributed by atoms with Crippen LogP contribution < -0.4 is 14.8 Å². The molecule has 0 radical (unpaired) electrons. The van der Waals surface area contributed by atoms with Gasteiger partial charge in [0.05, 0.1) is 20.6 Å². The number of halogens is 1. The molecule has 0 saturated carbocycles. The van der Waals surface area contributed by atoms with Crippen molar-refractivity contribution in [3.05, 3.63) is 23.8 Å². The van der Waals surface area contributed by atoms with Crippen molar-refractivity contribution in [2.24, 2.45) is 5.92 Å². The SMILES string of the molecule is CNCC1CCN(C(=O)Cc2c(OC)cccc2OC)C1.Cl. The second-order valence-corrected chi connectivity index (χ2v) is 5.37. The zero-order valence-corrected chi connectivity index (χ0v) is 14.2. The molecule has 1 heterocycles. The Balaban J connectivity index is 0.00000242. The summed E-state index contributed by atoms with van der Waals surface area (Å²) in [5.41, 5.74) is 0.824. The zero-order valence-electron chi connectivity index (χ0n) is 13.4.